The van der Waals surface area contributed by atoms with Gasteiger partial charge in [-0.1, -0.05) is 17.8 Å². The second-order valence-corrected chi connectivity index (χ2v) is 4.96. The number of aryl methyl sites for hydroxylation is 1. The van der Waals surface area contributed by atoms with Gasteiger partial charge in [0.1, 0.15) is 11.1 Å². The summed E-state index contributed by atoms with van der Waals surface area (Å²) in [5.74, 6) is -0.992. The number of hydrogen-bond donors (Lipinski definition) is 1. The van der Waals surface area contributed by atoms with E-state index in [1.165, 1.54) is 30.1 Å². The summed E-state index contributed by atoms with van der Waals surface area (Å²) in [4.78, 5) is 15.8. The Bertz CT molecular complexity index is 677. The molecule has 0 radical (unpaired) electrons. The molecule has 0 unspecified atom stereocenters. The molecule has 2 rings (SSSR count). The zero-order valence-corrected chi connectivity index (χ0v) is 10.9. The van der Waals surface area contributed by atoms with E-state index >= 15 is 0 Å². The minimum Gasteiger partial charge on any atom is -0.478 e. The van der Waals surface area contributed by atoms with Crippen LogP contribution >= 0.6 is 11.8 Å². The van der Waals surface area contributed by atoms with Gasteiger partial charge in [0, 0.05) is 11.1 Å². The number of carboxylic acids is 1. The quantitative estimate of drug-likeness (QED) is 0.927. The maximum Gasteiger partial charge on any atom is 0.335 e. The number of carboxylic acid groups (broad SMARTS) is 1. The number of aromatic carboxylic acids is 1. The number of nitrogens with zero attached hydrogens (tertiary/aromatic N) is 2. The number of pyridine rings is 1. The van der Waals surface area contributed by atoms with Gasteiger partial charge in [-0.2, -0.15) is 5.26 Å². The van der Waals surface area contributed by atoms with Crippen molar-refractivity contribution in [1.82, 2.24) is 4.98 Å². The molecular formula is C14H10N2O2S. The molecule has 0 bridgehead atoms. The fourth-order valence-electron chi connectivity index (χ4n) is 1.52. The largest absolute Gasteiger partial charge is 0.478 e. The van der Waals surface area contributed by atoms with Gasteiger partial charge in [-0.05, 0) is 36.8 Å². The second kappa shape index (κ2) is 5.55. The van der Waals surface area contributed by atoms with Gasteiger partial charge < -0.3 is 5.11 Å². The molecule has 1 heterocycles. The highest BCUT2D eigenvalue weighted by Gasteiger charge is 2.08. The molecule has 0 saturated carbocycles. The van der Waals surface area contributed by atoms with Crippen LogP contribution in [0.15, 0.2) is 46.5 Å². The van der Waals surface area contributed by atoms with Gasteiger partial charge in [-0.3, -0.25) is 0 Å². The van der Waals surface area contributed by atoms with E-state index in [0.29, 0.717) is 10.6 Å². The molecule has 1 aromatic carbocycles. The summed E-state index contributed by atoms with van der Waals surface area (Å²) in [6, 6.07) is 10.6. The van der Waals surface area contributed by atoms with Crippen LogP contribution in [0.4, 0.5) is 0 Å². The zero-order valence-electron chi connectivity index (χ0n) is 10.1. The molecule has 5 heteroatoms. The molecule has 0 aliphatic heterocycles. The van der Waals surface area contributed by atoms with Crippen LogP contribution in [-0.4, -0.2) is 16.1 Å². The Labute approximate surface area is 114 Å². The highest BCUT2D eigenvalue weighted by molar-refractivity contribution is 7.99. The molecule has 0 saturated heterocycles. The smallest absolute Gasteiger partial charge is 0.335 e. The molecule has 0 aliphatic rings. The lowest BCUT2D eigenvalue weighted by atomic mass is 10.2. The van der Waals surface area contributed by atoms with Crippen molar-refractivity contribution in [2.75, 3.05) is 0 Å². The first-order valence-electron chi connectivity index (χ1n) is 5.48. The van der Waals surface area contributed by atoms with E-state index in [-0.39, 0.29) is 5.56 Å². The minimum atomic E-state index is -0.992. The highest BCUT2D eigenvalue weighted by Crippen LogP contribution is 2.30. The van der Waals surface area contributed by atoms with Crippen LogP contribution in [0, 0.1) is 18.3 Å². The SMILES string of the molecule is Cc1ccc(C#N)c(Sc2cc(C(=O)O)ccn2)c1. The second-order valence-electron chi connectivity index (χ2n) is 3.90. The van der Waals surface area contributed by atoms with Crippen LogP contribution in [0.3, 0.4) is 0 Å². The van der Waals surface area contributed by atoms with Gasteiger partial charge in [0.05, 0.1) is 11.1 Å². The molecule has 0 fully saturated rings. The maximum atomic E-state index is 10.9. The Hall–Kier alpha value is -2.32. The summed E-state index contributed by atoms with van der Waals surface area (Å²) in [7, 11) is 0. The standard InChI is InChI=1S/C14H10N2O2S/c1-9-2-3-11(8-15)12(6-9)19-13-7-10(14(17)18)4-5-16-13/h2-7H,1H3,(H,17,18). The number of rotatable bonds is 3. The van der Waals surface area contributed by atoms with Crippen molar-refractivity contribution in [3.63, 3.8) is 0 Å². The molecular weight excluding hydrogens is 260 g/mol. The molecule has 0 aliphatic carbocycles. The minimum absolute atomic E-state index is 0.184. The first-order valence-corrected chi connectivity index (χ1v) is 6.30. The van der Waals surface area contributed by atoms with Crippen LogP contribution in [0.5, 0.6) is 0 Å². The molecule has 4 nitrogen and oxygen atoms in total. The third-order valence-electron chi connectivity index (χ3n) is 2.45. The summed E-state index contributed by atoms with van der Waals surface area (Å²) in [6.45, 7) is 1.94. The van der Waals surface area contributed by atoms with Crippen molar-refractivity contribution in [3.05, 3.63) is 53.2 Å². The highest BCUT2D eigenvalue weighted by atomic mass is 32.2. The normalized spacial score (nSPS) is 9.89. The number of nitriles is 1. The first-order chi connectivity index (χ1) is 9.10. The lowest BCUT2D eigenvalue weighted by Crippen LogP contribution is -1.96. The van der Waals surface area contributed by atoms with Crippen LogP contribution in [0.1, 0.15) is 21.5 Å². The molecule has 1 aromatic heterocycles. The molecule has 0 amide bonds. The van der Waals surface area contributed by atoms with E-state index in [4.69, 9.17) is 10.4 Å². The van der Waals surface area contributed by atoms with Crippen molar-refractivity contribution >= 4 is 17.7 Å². The van der Waals surface area contributed by atoms with Crippen LogP contribution in [-0.2, 0) is 0 Å². The summed E-state index contributed by atoms with van der Waals surface area (Å²) in [6.07, 6.45) is 1.45. The molecule has 2 aromatic rings. The lowest BCUT2D eigenvalue weighted by molar-refractivity contribution is 0.0696. The molecule has 0 spiro atoms. The van der Waals surface area contributed by atoms with Crippen molar-refractivity contribution in [3.8, 4) is 6.07 Å². The molecule has 19 heavy (non-hydrogen) atoms. The number of hydrogen-bond acceptors (Lipinski definition) is 4. The van der Waals surface area contributed by atoms with Gasteiger partial charge in [0.2, 0.25) is 0 Å². The lowest BCUT2D eigenvalue weighted by Gasteiger charge is -2.05. The van der Waals surface area contributed by atoms with E-state index < -0.39 is 5.97 Å². The monoisotopic (exact) mass is 270 g/mol. The van der Waals surface area contributed by atoms with E-state index in [1.807, 2.05) is 19.1 Å². The Kier molecular flexibility index (Phi) is 3.83. The predicted octanol–water partition coefficient (Wildman–Crippen LogP) is 3.11. The zero-order chi connectivity index (χ0) is 13.8. The Morgan fingerprint density at radius 1 is 1.37 bits per heavy atom. The number of carbonyl (C=O) groups is 1. The van der Waals surface area contributed by atoms with E-state index in [0.717, 1.165) is 10.5 Å². The fraction of sp³-hybridized carbons (Fsp3) is 0.0714. The number of aromatic nitrogens is 1. The van der Waals surface area contributed by atoms with E-state index in [1.54, 1.807) is 6.07 Å². The van der Waals surface area contributed by atoms with Crippen molar-refractivity contribution in [2.24, 2.45) is 0 Å². The molecule has 0 atom stereocenters. The average Bonchev–Trinajstić information content (AvgIpc) is 2.39. The van der Waals surface area contributed by atoms with Gasteiger partial charge in [-0.25, -0.2) is 9.78 Å². The summed E-state index contributed by atoms with van der Waals surface area (Å²) >= 11 is 1.29. The van der Waals surface area contributed by atoms with Gasteiger partial charge >= 0.3 is 5.97 Å². The Balaban J connectivity index is 2.36. The van der Waals surface area contributed by atoms with Crippen LogP contribution in [0.2, 0.25) is 0 Å². The van der Waals surface area contributed by atoms with Crippen LogP contribution in [0.25, 0.3) is 0 Å². The number of benzene rings is 1. The summed E-state index contributed by atoms with van der Waals surface area (Å²) in [5, 5.41) is 18.5. The summed E-state index contributed by atoms with van der Waals surface area (Å²) < 4.78 is 0. The Morgan fingerprint density at radius 2 is 2.16 bits per heavy atom. The molecule has 1 N–H and O–H groups in total. The topological polar surface area (TPSA) is 74.0 Å². The molecule has 94 valence electrons. The predicted molar refractivity (Wildman–Crippen MR) is 71.2 cm³/mol. The van der Waals surface area contributed by atoms with Crippen molar-refractivity contribution in [2.45, 2.75) is 16.8 Å². The van der Waals surface area contributed by atoms with Gasteiger partial charge in [-0.15, -0.1) is 0 Å². The fourth-order valence-corrected chi connectivity index (χ4v) is 2.51. The average molecular weight is 270 g/mol. The third kappa shape index (κ3) is 3.12. The van der Waals surface area contributed by atoms with Crippen molar-refractivity contribution < 1.29 is 9.90 Å². The first kappa shape index (κ1) is 13.1. The van der Waals surface area contributed by atoms with Crippen molar-refractivity contribution in [1.29, 1.82) is 5.26 Å². The van der Waals surface area contributed by atoms with E-state index in [2.05, 4.69) is 11.1 Å². The van der Waals surface area contributed by atoms with Crippen LogP contribution < -0.4 is 0 Å². The maximum absolute atomic E-state index is 10.9. The Morgan fingerprint density at radius 3 is 2.84 bits per heavy atom. The third-order valence-corrected chi connectivity index (χ3v) is 3.44. The van der Waals surface area contributed by atoms with Gasteiger partial charge in [0.15, 0.2) is 0 Å². The van der Waals surface area contributed by atoms with Gasteiger partial charge in [0.25, 0.3) is 0 Å². The summed E-state index contributed by atoms with van der Waals surface area (Å²) in [5.41, 5.74) is 1.78. The van der Waals surface area contributed by atoms with E-state index in [9.17, 15) is 4.79 Å².